The summed E-state index contributed by atoms with van der Waals surface area (Å²) in [5.74, 6) is 0.0800. The summed E-state index contributed by atoms with van der Waals surface area (Å²) in [5, 5.41) is 6.48. The lowest BCUT2D eigenvalue weighted by molar-refractivity contribution is 0.0528. The molecule has 5 nitrogen and oxygen atoms in total. The monoisotopic (exact) mass is 222 g/mol. The van der Waals surface area contributed by atoms with Gasteiger partial charge in [0.2, 0.25) is 0 Å². The Kier molecular flexibility index (Phi) is 3.24. The number of likely N-dealkylation sites (N-methyl/N-ethyl adjacent to an activating group) is 1. The van der Waals surface area contributed by atoms with E-state index in [0.717, 1.165) is 26.2 Å². The standard InChI is InChI=1S/C11H18N4O/c1-3-14-4-5-15(8-9(14)2)11(16)10-6-12-13-7-10/h6-7,9H,3-5,8H2,1-2H3,(H,12,13). The molecule has 1 unspecified atom stereocenters. The highest BCUT2D eigenvalue weighted by Gasteiger charge is 2.26. The van der Waals surface area contributed by atoms with E-state index in [1.165, 1.54) is 0 Å². The molecule has 0 spiro atoms. The molecule has 1 atom stereocenters. The Bertz CT molecular complexity index is 349. The second-order valence-corrected chi connectivity index (χ2v) is 4.22. The lowest BCUT2D eigenvalue weighted by Crippen LogP contribution is -2.53. The smallest absolute Gasteiger partial charge is 0.257 e. The molecule has 1 amide bonds. The molecule has 2 heterocycles. The van der Waals surface area contributed by atoms with Crippen LogP contribution in [-0.2, 0) is 0 Å². The molecule has 1 aliphatic heterocycles. The van der Waals surface area contributed by atoms with Crippen molar-refractivity contribution in [3.63, 3.8) is 0 Å². The molecule has 2 rings (SSSR count). The van der Waals surface area contributed by atoms with Crippen molar-refractivity contribution in [1.82, 2.24) is 20.0 Å². The van der Waals surface area contributed by atoms with Crippen LogP contribution >= 0.6 is 0 Å². The lowest BCUT2D eigenvalue weighted by atomic mass is 10.1. The first-order valence-electron chi connectivity index (χ1n) is 5.74. The van der Waals surface area contributed by atoms with Crippen molar-refractivity contribution in [2.45, 2.75) is 19.9 Å². The molecule has 0 radical (unpaired) electrons. The summed E-state index contributed by atoms with van der Waals surface area (Å²) >= 11 is 0. The quantitative estimate of drug-likeness (QED) is 0.796. The number of aromatic amines is 1. The van der Waals surface area contributed by atoms with Crippen molar-refractivity contribution in [1.29, 1.82) is 0 Å². The Balaban J connectivity index is 2.00. The van der Waals surface area contributed by atoms with Crippen LogP contribution in [0.1, 0.15) is 24.2 Å². The number of nitrogens with one attached hydrogen (secondary N) is 1. The van der Waals surface area contributed by atoms with Gasteiger partial charge >= 0.3 is 0 Å². The van der Waals surface area contributed by atoms with Crippen LogP contribution in [0, 0.1) is 0 Å². The van der Waals surface area contributed by atoms with Crippen LogP contribution in [0.4, 0.5) is 0 Å². The highest BCUT2D eigenvalue weighted by molar-refractivity contribution is 5.93. The predicted octanol–water partition coefficient (Wildman–Crippen LogP) is 0.576. The summed E-state index contributed by atoms with van der Waals surface area (Å²) in [6.07, 6.45) is 3.23. The van der Waals surface area contributed by atoms with Gasteiger partial charge in [-0.05, 0) is 13.5 Å². The topological polar surface area (TPSA) is 52.2 Å². The highest BCUT2D eigenvalue weighted by atomic mass is 16.2. The van der Waals surface area contributed by atoms with Gasteiger partial charge in [-0.2, -0.15) is 5.10 Å². The van der Waals surface area contributed by atoms with Crippen molar-refractivity contribution in [2.75, 3.05) is 26.2 Å². The second kappa shape index (κ2) is 4.65. The number of rotatable bonds is 2. The van der Waals surface area contributed by atoms with Crippen LogP contribution in [0.3, 0.4) is 0 Å². The number of carbonyl (C=O) groups is 1. The van der Waals surface area contributed by atoms with Crippen molar-refractivity contribution < 1.29 is 4.79 Å². The SMILES string of the molecule is CCN1CCN(C(=O)c2cn[nH]c2)CC1C. The fourth-order valence-corrected chi connectivity index (χ4v) is 2.20. The van der Waals surface area contributed by atoms with E-state index >= 15 is 0 Å². The minimum atomic E-state index is 0.0800. The van der Waals surface area contributed by atoms with Gasteiger partial charge in [0.1, 0.15) is 0 Å². The van der Waals surface area contributed by atoms with Gasteiger partial charge < -0.3 is 4.90 Å². The number of nitrogens with zero attached hydrogens (tertiary/aromatic N) is 3. The van der Waals surface area contributed by atoms with E-state index in [2.05, 4.69) is 28.9 Å². The molecule has 5 heteroatoms. The molecule has 0 aliphatic carbocycles. The van der Waals surface area contributed by atoms with E-state index < -0.39 is 0 Å². The number of aromatic nitrogens is 2. The first kappa shape index (κ1) is 11.1. The third-order valence-electron chi connectivity index (χ3n) is 3.20. The van der Waals surface area contributed by atoms with E-state index in [9.17, 15) is 4.79 Å². The molecule has 88 valence electrons. The Morgan fingerprint density at radius 2 is 2.44 bits per heavy atom. The van der Waals surface area contributed by atoms with Crippen LogP contribution in [0.15, 0.2) is 12.4 Å². The Morgan fingerprint density at radius 1 is 1.62 bits per heavy atom. The summed E-state index contributed by atoms with van der Waals surface area (Å²) < 4.78 is 0. The molecule has 0 aromatic carbocycles. The van der Waals surface area contributed by atoms with Gasteiger partial charge in [-0.3, -0.25) is 14.8 Å². The summed E-state index contributed by atoms with van der Waals surface area (Å²) in [6.45, 7) is 7.94. The van der Waals surface area contributed by atoms with E-state index in [1.807, 2.05) is 4.90 Å². The molecule has 1 aromatic rings. The Labute approximate surface area is 95.4 Å². The van der Waals surface area contributed by atoms with Gasteiger partial charge in [0.15, 0.2) is 0 Å². The average molecular weight is 222 g/mol. The van der Waals surface area contributed by atoms with E-state index in [1.54, 1.807) is 12.4 Å². The van der Waals surface area contributed by atoms with E-state index in [0.29, 0.717) is 11.6 Å². The summed E-state index contributed by atoms with van der Waals surface area (Å²) in [6, 6.07) is 0.439. The fourth-order valence-electron chi connectivity index (χ4n) is 2.20. The molecule has 1 aromatic heterocycles. The third-order valence-corrected chi connectivity index (χ3v) is 3.20. The van der Waals surface area contributed by atoms with Gasteiger partial charge in [-0.15, -0.1) is 0 Å². The molecule has 16 heavy (non-hydrogen) atoms. The number of hydrogen-bond acceptors (Lipinski definition) is 3. The average Bonchev–Trinajstić information content (AvgIpc) is 2.81. The second-order valence-electron chi connectivity index (χ2n) is 4.22. The number of amides is 1. The third kappa shape index (κ3) is 2.09. The van der Waals surface area contributed by atoms with Crippen LogP contribution in [0.2, 0.25) is 0 Å². The predicted molar refractivity (Wildman–Crippen MR) is 61.2 cm³/mol. The van der Waals surface area contributed by atoms with Crippen molar-refractivity contribution in [3.05, 3.63) is 18.0 Å². The van der Waals surface area contributed by atoms with E-state index in [-0.39, 0.29) is 5.91 Å². The molecule has 1 saturated heterocycles. The summed E-state index contributed by atoms with van der Waals surface area (Å²) in [5.41, 5.74) is 0.650. The molecule has 1 fully saturated rings. The molecule has 1 aliphatic rings. The lowest BCUT2D eigenvalue weighted by Gasteiger charge is -2.39. The number of piperazine rings is 1. The van der Waals surface area contributed by atoms with Gasteiger partial charge in [0.05, 0.1) is 11.8 Å². The normalized spacial score (nSPS) is 22.4. The molecular weight excluding hydrogens is 204 g/mol. The van der Waals surface area contributed by atoms with Crippen LogP contribution in [-0.4, -0.2) is 58.1 Å². The molecule has 0 saturated carbocycles. The summed E-state index contributed by atoms with van der Waals surface area (Å²) in [4.78, 5) is 16.3. The van der Waals surface area contributed by atoms with Gasteiger partial charge in [-0.1, -0.05) is 6.92 Å². The first-order chi connectivity index (χ1) is 7.72. The highest BCUT2D eigenvalue weighted by Crippen LogP contribution is 2.11. The minimum absolute atomic E-state index is 0.0800. The molecule has 0 bridgehead atoms. The van der Waals surface area contributed by atoms with Gasteiger partial charge in [0.25, 0.3) is 5.91 Å². The van der Waals surface area contributed by atoms with Crippen LogP contribution in [0.25, 0.3) is 0 Å². The van der Waals surface area contributed by atoms with Gasteiger partial charge in [-0.25, -0.2) is 0 Å². The van der Waals surface area contributed by atoms with Crippen LogP contribution < -0.4 is 0 Å². The number of carbonyl (C=O) groups excluding carboxylic acids is 1. The molecular formula is C11H18N4O. The Hall–Kier alpha value is -1.36. The zero-order valence-electron chi connectivity index (χ0n) is 9.81. The van der Waals surface area contributed by atoms with Crippen molar-refractivity contribution >= 4 is 5.91 Å². The largest absolute Gasteiger partial charge is 0.336 e. The fraction of sp³-hybridized carbons (Fsp3) is 0.636. The molecule has 1 N–H and O–H groups in total. The maximum atomic E-state index is 12.0. The zero-order chi connectivity index (χ0) is 11.5. The van der Waals surface area contributed by atoms with Crippen molar-refractivity contribution in [3.8, 4) is 0 Å². The summed E-state index contributed by atoms with van der Waals surface area (Å²) in [7, 11) is 0. The van der Waals surface area contributed by atoms with Gasteiger partial charge in [0, 0.05) is 31.9 Å². The first-order valence-corrected chi connectivity index (χ1v) is 5.74. The van der Waals surface area contributed by atoms with Crippen molar-refractivity contribution in [2.24, 2.45) is 0 Å². The maximum absolute atomic E-state index is 12.0. The van der Waals surface area contributed by atoms with Crippen LogP contribution in [0.5, 0.6) is 0 Å². The number of hydrogen-bond donors (Lipinski definition) is 1. The maximum Gasteiger partial charge on any atom is 0.257 e. The minimum Gasteiger partial charge on any atom is -0.336 e. The number of H-pyrrole nitrogens is 1. The van der Waals surface area contributed by atoms with E-state index in [4.69, 9.17) is 0 Å². The zero-order valence-corrected chi connectivity index (χ0v) is 9.81. The Morgan fingerprint density at radius 3 is 3.00 bits per heavy atom.